The summed E-state index contributed by atoms with van der Waals surface area (Å²) in [5.41, 5.74) is 6.39. The number of nitrogens with zero attached hydrogens (tertiary/aromatic N) is 2. The van der Waals surface area contributed by atoms with E-state index in [9.17, 15) is 4.79 Å². The maximum atomic E-state index is 12.1. The van der Waals surface area contributed by atoms with Crippen LogP contribution in [-0.2, 0) is 0 Å². The van der Waals surface area contributed by atoms with E-state index in [0.717, 1.165) is 18.1 Å². The normalized spacial score (nSPS) is 16.1. The first-order valence-corrected chi connectivity index (χ1v) is 7.18. The second kappa shape index (κ2) is 5.56. The summed E-state index contributed by atoms with van der Waals surface area (Å²) in [4.78, 5) is 14.4. The van der Waals surface area contributed by atoms with Gasteiger partial charge in [0.2, 0.25) is 0 Å². The SMILES string of the molecule is CC(C)NC(=O)c1c(N)nsc1N1CCCCC1. The highest BCUT2D eigenvalue weighted by molar-refractivity contribution is 7.11. The molecule has 1 saturated heterocycles. The van der Waals surface area contributed by atoms with Gasteiger partial charge >= 0.3 is 0 Å². The molecule has 1 amide bonds. The van der Waals surface area contributed by atoms with E-state index < -0.39 is 0 Å². The standard InChI is InChI=1S/C12H20N4OS/c1-8(2)14-11(17)9-10(13)15-18-12(9)16-6-4-3-5-7-16/h8H,3-7H2,1-2H3,(H2,13,15)(H,14,17). The third kappa shape index (κ3) is 2.75. The van der Waals surface area contributed by atoms with Crippen LogP contribution in [0.2, 0.25) is 0 Å². The van der Waals surface area contributed by atoms with Crippen LogP contribution in [-0.4, -0.2) is 29.4 Å². The van der Waals surface area contributed by atoms with Crippen LogP contribution < -0.4 is 16.0 Å². The van der Waals surface area contributed by atoms with Crippen LogP contribution in [0.3, 0.4) is 0 Å². The van der Waals surface area contributed by atoms with Crippen LogP contribution in [0.15, 0.2) is 0 Å². The molecule has 18 heavy (non-hydrogen) atoms. The minimum Gasteiger partial charge on any atom is -0.382 e. The molecular formula is C12H20N4OS. The van der Waals surface area contributed by atoms with Crippen LogP contribution >= 0.6 is 11.5 Å². The number of hydrogen-bond acceptors (Lipinski definition) is 5. The molecule has 2 heterocycles. The number of aromatic nitrogens is 1. The number of nitrogen functional groups attached to an aromatic ring is 1. The van der Waals surface area contributed by atoms with Gasteiger partial charge in [-0.2, -0.15) is 4.37 Å². The number of rotatable bonds is 3. The van der Waals surface area contributed by atoms with E-state index in [1.165, 1.54) is 30.8 Å². The lowest BCUT2D eigenvalue weighted by Gasteiger charge is -2.27. The number of nitrogens with one attached hydrogen (secondary N) is 1. The molecule has 0 atom stereocenters. The van der Waals surface area contributed by atoms with Crippen molar-refractivity contribution >= 4 is 28.3 Å². The van der Waals surface area contributed by atoms with Gasteiger partial charge in [0.1, 0.15) is 10.6 Å². The Labute approximate surface area is 112 Å². The predicted molar refractivity (Wildman–Crippen MR) is 75.2 cm³/mol. The lowest BCUT2D eigenvalue weighted by molar-refractivity contribution is 0.0944. The molecule has 1 aliphatic heterocycles. The smallest absolute Gasteiger partial charge is 0.258 e. The number of carbonyl (C=O) groups is 1. The minimum absolute atomic E-state index is 0.103. The van der Waals surface area contributed by atoms with Crippen LogP contribution in [0.25, 0.3) is 0 Å². The van der Waals surface area contributed by atoms with Crippen molar-refractivity contribution < 1.29 is 4.79 Å². The summed E-state index contributed by atoms with van der Waals surface area (Å²) >= 11 is 1.33. The molecular weight excluding hydrogens is 248 g/mol. The summed E-state index contributed by atoms with van der Waals surface area (Å²) in [6.45, 7) is 5.86. The lowest BCUT2D eigenvalue weighted by atomic mass is 10.1. The molecule has 1 aromatic heterocycles. The average Bonchev–Trinajstić information content (AvgIpc) is 2.71. The zero-order valence-corrected chi connectivity index (χ0v) is 11.7. The monoisotopic (exact) mass is 268 g/mol. The Morgan fingerprint density at radius 3 is 2.67 bits per heavy atom. The molecule has 0 bridgehead atoms. The number of anilines is 2. The predicted octanol–water partition coefficient (Wildman–Crippen LogP) is 1.85. The number of piperidine rings is 1. The molecule has 1 fully saturated rings. The van der Waals surface area contributed by atoms with E-state index in [1.54, 1.807) is 0 Å². The second-order valence-electron chi connectivity index (χ2n) is 4.92. The van der Waals surface area contributed by atoms with Gasteiger partial charge in [-0.3, -0.25) is 4.79 Å². The zero-order chi connectivity index (χ0) is 13.1. The van der Waals surface area contributed by atoms with Gasteiger partial charge in [0, 0.05) is 19.1 Å². The summed E-state index contributed by atoms with van der Waals surface area (Å²) in [6, 6.07) is 0.103. The first-order chi connectivity index (χ1) is 8.59. The van der Waals surface area contributed by atoms with Gasteiger partial charge in [0.05, 0.1) is 0 Å². The highest BCUT2D eigenvalue weighted by Gasteiger charge is 2.24. The Kier molecular flexibility index (Phi) is 4.06. The van der Waals surface area contributed by atoms with E-state index in [1.807, 2.05) is 13.8 Å². The number of carbonyl (C=O) groups excluding carboxylic acids is 1. The maximum absolute atomic E-state index is 12.1. The first kappa shape index (κ1) is 13.1. The van der Waals surface area contributed by atoms with E-state index in [0.29, 0.717) is 11.4 Å². The van der Waals surface area contributed by atoms with Gasteiger partial charge in [0.25, 0.3) is 5.91 Å². The van der Waals surface area contributed by atoms with Gasteiger partial charge in [-0.25, -0.2) is 0 Å². The largest absolute Gasteiger partial charge is 0.382 e. The van der Waals surface area contributed by atoms with Crippen molar-refractivity contribution in [2.24, 2.45) is 0 Å². The molecule has 0 unspecified atom stereocenters. The average molecular weight is 268 g/mol. The highest BCUT2D eigenvalue weighted by Crippen LogP contribution is 2.32. The molecule has 0 saturated carbocycles. The quantitative estimate of drug-likeness (QED) is 0.877. The Bertz CT molecular complexity index is 424. The maximum Gasteiger partial charge on any atom is 0.258 e. The Hall–Kier alpha value is -1.30. The zero-order valence-electron chi connectivity index (χ0n) is 10.9. The van der Waals surface area contributed by atoms with Gasteiger partial charge < -0.3 is 16.0 Å². The molecule has 0 aliphatic carbocycles. The van der Waals surface area contributed by atoms with Crippen molar-refractivity contribution in [1.29, 1.82) is 0 Å². The topological polar surface area (TPSA) is 71.2 Å². The molecule has 3 N–H and O–H groups in total. The van der Waals surface area contributed by atoms with E-state index in [2.05, 4.69) is 14.6 Å². The number of amides is 1. The molecule has 100 valence electrons. The van der Waals surface area contributed by atoms with Gasteiger partial charge in [-0.1, -0.05) is 0 Å². The third-order valence-electron chi connectivity index (χ3n) is 2.99. The van der Waals surface area contributed by atoms with Crippen molar-refractivity contribution in [3.8, 4) is 0 Å². The van der Waals surface area contributed by atoms with Crippen molar-refractivity contribution in [2.75, 3.05) is 23.7 Å². The van der Waals surface area contributed by atoms with Crippen molar-refractivity contribution in [2.45, 2.75) is 39.2 Å². The summed E-state index contributed by atoms with van der Waals surface area (Å²) in [5, 5.41) is 3.81. The Balaban J connectivity index is 2.23. The van der Waals surface area contributed by atoms with Crippen molar-refractivity contribution in [3.63, 3.8) is 0 Å². The molecule has 6 heteroatoms. The Morgan fingerprint density at radius 2 is 2.06 bits per heavy atom. The molecule has 1 aromatic rings. The molecule has 2 rings (SSSR count). The molecule has 0 spiro atoms. The Morgan fingerprint density at radius 1 is 1.39 bits per heavy atom. The van der Waals surface area contributed by atoms with Crippen molar-refractivity contribution in [1.82, 2.24) is 9.69 Å². The van der Waals surface area contributed by atoms with E-state index in [4.69, 9.17) is 5.73 Å². The van der Waals surface area contributed by atoms with Crippen LogP contribution in [0.1, 0.15) is 43.5 Å². The van der Waals surface area contributed by atoms with Gasteiger partial charge in [-0.05, 0) is 44.6 Å². The van der Waals surface area contributed by atoms with E-state index in [-0.39, 0.29) is 11.9 Å². The summed E-state index contributed by atoms with van der Waals surface area (Å²) < 4.78 is 4.14. The fourth-order valence-electron chi connectivity index (χ4n) is 2.15. The first-order valence-electron chi connectivity index (χ1n) is 6.40. The molecule has 0 aromatic carbocycles. The molecule has 1 aliphatic rings. The van der Waals surface area contributed by atoms with Crippen LogP contribution in [0, 0.1) is 0 Å². The number of hydrogen-bond donors (Lipinski definition) is 2. The minimum atomic E-state index is -0.114. The summed E-state index contributed by atoms with van der Waals surface area (Å²) in [5.74, 6) is 0.232. The van der Waals surface area contributed by atoms with Crippen molar-refractivity contribution in [3.05, 3.63) is 5.56 Å². The molecule has 0 radical (unpaired) electrons. The van der Waals surface area contributed by atoms with Gasteiger partial charge in [0.15, 0.2) is 5.82 Å². The summed E-state index contributed by atoms with van der Waals surface area (Å²) in [7, 11) is 0. The fourth-order valence-corrected chi connectivity index (χ4v) is 3.02. The molecule has 5 nitrogen and oxygen atoms in total. The van der Waals surface area contributed by atoms with Crippen LogP contribution in [0.4, 0.5) is 10.8 Å². The third-order valence-corrected chi connectivity index (χ3v) is 3.91. The fraction of sp³-hybridized carbons (Fsp3) is 0.667. The number of nitrogens with two attached hydrogens (primary N) is 1. The van der Waals surface area contributed by atoms with Gasteiger partial charge in [-0.15, -0.1) is 0 Å². The highest BCUT2D eigenvalue weighted by atomic mass is 32.1. The lowest BCUT2D eigenvalue weighted by Crippen LogP contribution is -2.34. The summed E-state index contributed by atoms with van der Waals surface area (Å²) in [6.07, 6.45) is 3.60. The van der Waals surface area contributed by atoms with E-state index >= 15 is 0 Å². The second-order valence-corrected chi connectivity index (χ2v) is 5.68. The van der Waals surface area contributed by atoms with Crippen LogP contribution in [0.5, 0.6) is 0 Å².